The molecule has 2 aromatic rings. The number of benzene rings is 1. The van der Waals surface area contributed by atoms with E-state index in [1.54, 1.807) is 19.4 Å². The quantitative estimate of drug-likeness (QED) is 0.815. The predicted octanol–water partition coefficient (Wildman–Crippen LogP) is 2.55. The maximum Gasteiger partial charge on any atom is 0.255 e. The van der Waals surface area contributed by atoms with E-state index < -0.39 is 11.7 Å². The number of methoxy groups -OCH3 is 1. The van der Waals surface area contributed by atoms with Gasteiger partial charge in [0.2, 0.25) is 5.91 Å². The third-order valence-corrected chi connectivity index (χ3v) is 6.82. The van der Waals surface area contributed by atoms with E-state index in [4.69, 9.17) is 9.47 Å². The Morgan fingerprint density at radius 3 is 2.77 bits per heavy atom. The number of anilines is 1. The van der Waals surface area contributed by atoms with Crippen LogP contribution in [0.1, 0.15) is 37.9 Å². The summed E-state index contributed by atoms with van der Waals surface area (Å²) in [6.45, 7) is 1.68. The Labute approximate surface area is 181 Å². The minimum atomic E-state index is -0.644. The fourth-order valence-corrected chi connectivity index (χ4v) is 4.80. The molecule has 2 fully saturated rings. The Balaban J connectivity index is 1.31. The van der Waals surface area contributed by atoms with Gasteiger partial charge in [-0.25, -0.2) is 4.98 Å². The average Bonchev–Trinajstić information content (AvgIpc) is 3.23. The van der Waals surface area contributed by atoms with Crippen LogP contribution in [0.25, 0.3) is 0 Å². The summed E-state index contributed by atoms with van der Waals surface area (Å²) in [4.78, 5) is 32.2. The summed E-state index contributed by atoms with van der Waals surface area (Å²) in [5.74, 6) is 1.81. The van der Waals surface area contributed by atoms with E-state index in [2.05, 4.69) is 10.3 Å². The number of imidazole rings is 1. The van der Waals surface area contributed by atoms with Gasteiger partial charge in [0.1, 0.15) is 17.2 Å². The van der Waals surface area contributed by atoms with Crippen LogP contribution in [0.4, 0.5) is 5.69 Å². The molecule has 0 radical (unpaired) electrons. The van der Waals surface area contributed by atoms with Gasteiger partial charge in [-0.1, -0.05) is 12.5 Å². The minimum absolute atomic E-state index is 0.194. The number of carbonyl (C=O) groups is 2. The molecule has 5 rings (SSSR count). The number of ether oxygens (including phenoxy) is 2. The molecule has 0 bridgehead atoms. The van der Waals surface area contributed by atoms with E-state index in [1.165, 1.54) is 0 Å². The standard InChI is InChI=1S/C23H28N4O4/c1-30-18-7-3-6-17(14-18)25-20(28)19-15-27-13-10-24-22(27)23(31-19)8-11-26(12-9-23)21(29)16-4-2-5-16/h3,6-7,10,13-14,16,19H,2,4-5,8-9,11-12,15H2,1H3,(H,25,28)/t19-/m0/s1. The van der Waals surface area contributed by atoms with Crippen molar-refractivity contribution < 1.29 is 19.1 Å². The topological polar surface area (TPSA) is 85.7 Å². The van der Waals surface area contributed by atoms with Crippen molar-refractivity contribution in [3.63, 3.8) is 0 Å². The molecular formula is C23H28N4O4. The summed E-state index contributed by atoms with van der Waals surface area (Å²) in [7, 11) is 1.59. The van der Waals surface area contributed by atoms with Gasteiger partial charge in [-0.3, -0.25) is 9.59 Å². The van der Waals surface area contributed by atoms with Crippen molar-refractivity contribution in [1.82, 2.24) is 14.5 Å². The monoisotopic (exact) mass is 424 g/mol. The van der Waals surface area contributed by atoms with Crippen LogP contribution in [-0.2, 0) is 26.5 Å². The maximum absolute atomic E-state index is 13.1. The van der Waals surface area contributed by atoms with Crippen molar-refractivity contribution in [2.75, 3.05) is 25.5 Å². The highest BCUT2D eigenvalue weighted by Gasteiger charge is 2.48. The molecule has 1 spiro atoms. The molecule has 3 heterocycles. The highest BCUT2D eigenvalue weighted by molar-refractivity contribution is 5.94. The van der Waals surface area contributed by atoms with Crippen molar-refractivity contribution in [3.8, 4) is 5.75 Å². The lowest BCUT2D eigenvalue weighted by molar-refractivity contribution is -0.174. The Hall–Kier alpha value is -2.87. The number of amides is 2. The van der Waals surface area contributed by atoms with Gasteiger partial charge in [0.15, 0.2) is 6.10 Å². The number of likely N-dealkylation sites (tertiary alicyclic amines) is 1. The number of nitrogens with one attached hydrogen (secondary N) is 1. The Kier molecular flexibility index (Phi) is 5.17. The van der Waals surface area contributed by atoms with Gasteiger partial charge < -0.3 is 24.3 Å². The minimum Gasteiger partial charge on any atom is -0.497 e. The summed E-state index contributed by atoms with van der Waals surface area (Å²) in [5, 5.41) is 2.95. The number of hydrogen-bond acceptors (Lipinski definition) is 5. The number of fused-ring (bicyclic) bond motifs is 2. The van der Waals surface area contributed by atoms with Gasteiger partial charge in [-0.15, -0.1) is 0 Å². The van der Waals surface area contributed by atoms with Crippen molar-refractivity contribution in [3.05, 3.63) is 42.5 Å². The Morgan fingerprint density at radius 1 is 1.26 bits per heavy atom. The van der Waals surface area contributed by atoms with Gasteiger partial charge in [-0.05, 0) is 25.0 Å². The van der Waals surface area contributed by atoms with Crippen molar-refractivity contribution >= 4 is 17.5 Å². The largest absolute Gasteiger partial charge is 0.497 e. The molecule has 1 atom stereocenters. The van der Waals surface area contributed by atoms with Crippen LogP contribution >= 0.6 is 0 Å². The maximum atomic E-state index is 13.1. The average molecular weight is 425 g/mol. The number of nitrogens with zero attached hydrogens (tertiary/aromatic N) is 3. The van der Waals surface area contributed by atoms with Crippen molar-refractivity contribution in [2.24, 2.45) is 5.92 Å². The van der Waals surface area contributed by atoms with Crippen molar-refractivity contribution in [2.45, 2.75) is 50.4 Å². The smallest absolute Gasteiger partial charge is 0.255 e. The fourth-order valence-electron chi connectivity index (χ4n) is 4.80. The first-order valence-electron chi connectivity index (χ1n) is 11.0. The zero-order valence-electron chi connectivity index (χ0n) is 17.8. The lowest BCUT2D eigenvalue weighted by atomic mass is 9.82. The summed E-state index contributed by atoms with van der Waals surface area (Å²) < 4.78 is 13.7. The van der Waals surface area contributed by atoms with Crippen molar-refractivity contribution in [1.29, 1.82) is 0 Å². The molecule has 1 aromatic heterocycles. The number of carbonyl (C=O) groups excluding carboxylic acids is 2. The van der Waals surface area contributed by atoms with E-state index >= 15 is 0 Å². The number of piperidine rings is 1. The van der Waals surface area contributed by atoms with Crippen LogP contribution in [0.3, 0.4) is 0 Å². The van der Waals surface area contributed by atoms with Crippen LogP contribution in [0, 0.1) is 5.92 Å². The first-order chi connectivity index (χ1) is 15.1. The van der Waals surface area contributed by atoms with Gasteiger partial charge in [-0.2, -0.15) is 0 Å². The molecule has 1 saturated carbocycles. The first-order valence-corrected chi connectivity index (χ1v) is 11.0. The normalized spacial score (nSPS) is 22.5. The van der Waals surface area contributed by atoms with Crippen LogP contribution in [-0.4, -0.2) is 52.6 Å². The zero-order chi connectivity index (χ0) is 21.4. The SMILES string of the molecule is COc1cccc(NC(=O)[C@@H]2Cn3ccnc3C3(CCN(C(=O)C4CCC4)CC3)O2)c1. The number of hydrogen-bond donors (Lipinski definition) is 1. The van der Waals surface area contributed by atoms with Crippen LogP contribution in [0.5, 0.6) is 5.75 Å². The fraction of sp³-hybridized carbons (Fsp3) is 0.522. The predicted molar refractivity (Wildman–Crippen MR) is 114 cm³/mol. The zero-order valence-corrected chi connectivity index (χ0v) is 17.8. The molecule has 1 aromatic carbocycles. The van der Waals surface area contributed by atoms with E-state index in [1.807, 2.05) is 33.9 Å². The van der Waals surface area contributed by atoms with Crippen LogP contribution < -0.4 is 10.1 Å². The van der Waals surface area contributed by atoms with E-state index in [0.29, 0.717) is 43.9 Å². The van der Waals surface area contributed by atoms with Gasteiger partial charge in [0, 0.05) is 56.0 Å². The van der Waals surface area contributed by atoms with Crippen LogP contribution in [0.2, 0.25) is 0 Å². The molecule has 2 amide bonds. The number of rotatable bonds is 4. The first kappa shape index (κ1) is 20.1. The molecule has 2 aliphatic heterocycles. The second kappa shape index (κ2) is 8.00. The van der Waals surface area contributed by atoms with Crippen LogP contribution in [0.15, 0.2) is 36.7 Å². The molecule has 1 saturated heterocycles. The molecule has 1 aliphatic carbocycles. The molecule has 0 unspecified atom stereocenters. The summed E-state index contributed by atoms with van der Waals surface area (Å²) in [6, 6.07) is 7.27. The highest BCUT2D eigenvalue weighted by atomic mass is 16.5. The second-order valence-electron chi connectivity index (χ2n) is 8.68. The van der Waals surface area contributed by atoms with E-state index in [9.17, 15) is 9.59 Å². The van der Waals surface area contributed by atoms with Gasteiger partial charge >= 0.3 is 0 Å². The Bertz CT molecular complexity index is 975. The highest BCUT2D eigenvalue weighted by Crippen LogP contribution is 2.41. The molecule has 3 aliphatic rings. The summed E-state index contributed by atoms with van der Waals surface area (Å²) in [6.07, 6.45) is 7.48. The lowest BCUT2D eigenvalue weighted by Gasteiger charge is -2.46. The van der Waals surface area contributed by atoms with E-state index in [-0.39, 0.29) is 17.7 Å². The van der Waals surface area contributed by atoms with Gasteiger partial charge in [0.05, 0.1) is 13.7 Å². The summed E-state index contributed by atoms with van der Waals surface area (Å²) in [5.41, 5.74) is 0.0217. The second-order valence-corrected chi connectivity index (χ2v) is 8.68. The molecular weight excluding hydrogens is 396 g/mol. The Morgan fingerprint density at radius 2 is 2.06 bits per heavy atom. The lowest BCUT2D eigenvalue weighted by Crippen LogP contribution is -2.54. The molecule has 1 N–H and O–H groups in total. The third kappa shape index (κ3) is 3.69. The molecule has 8 nitrogen and oxygen atoms in total. The molecule has 164 valence electrons. The summed E-state index contributed by atoms with van der Waals surface area (Å²) >= 11 is 0. The molecule has 31 heavy (non-hydrogen) atoms. The number of aromatic nitrogens is 2. The third-order valence-electron chi connectivity index (χ3n) is 6.82. The van der Waals surface area contributed by atoms with Gasteiger partial charge in [0.25, 0.3) is 5.91 Å². The van der Waals surface area contributed by atoms with E-state index in [0.717, 1.165) is 25.1 Å². The molecule has 8 heteroatoms.